The van der Waals surface area contributed by atoms with E-state index in [9.17, 15) is 9.59 Å². The van der Waals surface area contributed by atoms with Gasteiger partial charge in [0, 0.05) is 22.6 Å². The predicted octanol–water partition coefficient (Wildman–Crippen LogP) is 4.28. The lowest BCUT2D eigenvalue weighted by Gasteiger charge is -2.40. The highest BCUT2D eigenvalue weighted by molar-refractivity contribution is 9.10. The van der Waals surface area contributed by atoms with E-state index in [1.165, 1.54) is 0 Å². The van der Waals surface area contributed by atoms with Gasteiger partial charge in [0.15, 0.2) is 0 Å². The minimum atomic E-state index is -0.526. The van der Waals surface area contributed by atoms with Crippen molar-refractivity contribution < 1.29 is 14.3 Å². The maximum Gasteiger partial charge on any atom is 0.410 e. The molecule has 2 amide bonds. The number of ether oxygens (including phenoxy) is 1. The monoisotopic (exact) mass is 410 g/mol. The Hall–Kier alpha value is -1.56. The van der Waals surface area contributed by atoms with Gasteiger partial charge in [0.2, 0.25) is 0 Å². The Kier molecular flexibility index (Phi) is 6.14. The molecule has 6 heteroatoms. The number of benzene rings is 1. The summed E-state index contributed by atoms with van der Waals surface area (Å²) in [5.41, 5.74) is 1.05. The van der Waals surface area contributed by atoms with Gasteiger partial charge in [-0.1, -0.05) is 15.9 Å². The molecule has 1 aromatic carbocycles. The molecule has 0 radical (unpaired) electrons. The average molecular weight is 411 g/mol. The Morgan fingerprint density at radius 3 is 2.60 bits per heavy atom. The summed E-state index contributed by atoms with van der Waals surface area (Å²) in [4.78, 5) is 26.8. The number of likely N-dealkylation sites (tertiary alicyclic amines) is 1. The highest BCUT2D eigenvalue weighted by Crippen LogP contribution is 2.22. The van der Waals surface area contributed by atoms with Gasteiger partial charge in [0.25, 0.3) is 5.91 Å². The molecule has 0 saturated carbocycles. The number of halogens is 1. The highest BCUT2D eigenvalue weighted by Gasteiger charge is 2.34. The van der Waals surface area contributed by atoms with E-state index in [0.29, 0.717) is 12.1 Å². The molecule has 1 saturated heterocycles. The summed E-state index contributed by atoms with van der Waals surface area (Å²) < 4.78 is 6.43. The molecule has 2 rings (SSSR count). The fourth-order valence-corrected chi connectivity index (χ4v) is 3.52. The SMILES string of the molecule is Cc1cc(Br)ccc1C(=O)N[C@@H]1CCCN(C(=O)OC(C)(C)C)[C@@H]1C. The maximum absolute atomic E-state index is 12.6. The number of nitrogens with zero attached hydrogens (tertiary/aromatic N) is 1. The van der Waals surface area contributed by atoms with Crippen LogP contribution in [0.15, 0.2) is 22.7 Å². The second kappa shape index (κ2) is 7.77. The van der Waals surface area contributed by atoms with Crippen LogP contribution in [0.2, 0.25) is 0 Å². The minimum absolute atomic E-state index is 0.0863. The Bertz CT molecular complexity index is 655. The van der Waals surface area contributed by atoms with Crippen molar-refractivity contribution in [2.24, 2.45) is 0 Å². The van der Waals surface area contributed by atoms with Crippen LogP contribution in [0.25, 0.3) is 0 Å². The first-order valence-corrected chi connectivity index (χ1v) is 9.44. The molecule has 2 atom stereocenters. The largest absolute Gasteiger partial charge is 0.444 e. The van der Waals surface area contributed by atoms with Crippen molar-refractivity contribution in [2.75, 3.05) is 6.54 Å². The van der Waals surface area contributed by atoms with E-state index < -0.39 is 5.60 Å². The number of carbonyl (C=O) groups excluding carboxylic acids is 2. The molecule has 0 bridgehead atoms. The van der Waals surface area contributed by atoms with Crippen molar-refractivity contribution in [1.29, 1.82) is 0 Å². The molecule has 0 spiro atoms. The molecule has 1 aliphatic heterocycles. The maximum atomic E-state index is 12.6. The van der Waals surface area contributed by atoms with Gasteiger partial charge in [-0.25, -0.2) is 4.79 Å². The number of aryl methyl sites for hydroxylation is 1. The second-order valence-electron chi connectivity index (χ2n) is 7.60. The third kappa shape index (κ3) is 5.21. The number of hydrogen-bond acceptors (Lipinski definition) is 3. The fraction of sp³-hybridized carbons (Fsp3) is 0.579. The molecule has 0 unspecified atom stereocenters. The lowest BCUT2D eigenvalue weighted by atomic mass is 9.97. The average Bonchev–Trinajstić information content (AvgIpc) is 2.47. The number of rotatable bonds is 2. The van der Waals surface area contributed by atoms with Gasteiger partial charge in [0.1, 0.15) is 5.60 Å². The number of hydrogen-bond donors (Lipinski definition) is 1. The molecule has 0 aliphatic carbocycles. The van der Waals surface area contributed by atoms with Crippen LogP contribution in [-0.2, 0) is 4.74 Å². The normalized spacial score (nSPS) is 21.0. The number of piperidine rings is 1. The summed E-state index contributed by atoms with van der Waals surface area (Å²) in [6.45, 7) is 10.1. The van der Waals surface area contributed by atoms with Crippen LogP contribution < -0.4 is 5.32 Å². The molecule has 1 aromatic rings. The van der Waals surface area contributed by atoms with E-state index in [1.54, 1.807) is 4.90 Å². The van der Waals surface area contributed by atoms with E-state index in [-0.39, 0.29) is 24.1 Å². The quantitative estimate of drug-likeness (QED) is 0.791. The van der Waals surface area contributed by atoms with Gasteiger partial charge in [0.05, 0.1) is 6.04 Å². The summed E-state index contributed by atoms with van der Waals surface area (Å²) in [6.07, 6.45) is 1.37. The first kappa shape index (κ1) is 19.8. The number of nitrogens with one attached hydrogen (secondary N) is 1. The van der Waals surface area contributed by atoms with Crippen molar-refractivity contribution in [3.63, 3.8) is 0 Å². The Morgan fingerprint density at radius 1 is 1.32 bits per heavy atom. The third-order valence-corrected chi connectivity index (χ3v) is 4.86. The molecule has 1 fully saturated rings. The van der Waals surface area contributed by atoms with E-state index >= 15 is 0 Å². The van der Waals surface area contributed by atoms with Crippen molar-refractivity contribution in [3.8, 4) is 0 Å². The number of carbonyl (C=O) groups is 2. The van der Waals surface area contributed by atoms with Gasteiger partial charge in [-0.3, -0.25) is 4.79 Å². The predicted molar refractivity (Wildman–Crippen MR) is 102 cm³/mol. The molecule has 1 heterocycles. The lowest BCUT2D eigenvalue weighted by Crippen LogP contribution is -2.56. The molecular formula is C19H27BrN2O3. The summed E-state index contributed by atoms with van der Waals surface area (Å²) in [7, 11) is 0. The highest BCUT2D eigenvalue weighted by atomic mass is 79.9. The van der Waals surface area contributed by atoms with Crippen LogP contribution in [0, 0.1) is 6.92 Å². The second-order valence-corrected chi connectivity index (χ2v) is 8.51. The van der Waals surface area contributed by atoms with Crippen LogP contribution in [0.1, 0.15) is 56.5 Å². The summed E-state index contributed by atoms with van der Waals surface area (Å²) >= 11 is 3.41. The topological polar surface area (TPSA) is 58.6 Å². The Labute approximate surface area is 158 Å². The van der Waals surface area contributed by atoms with Crippen LogP contribution in [0.5, 0.6) is 0 Å². The van der Waals surface area contributed by atoms with Crippen LogP contribution in [0.3, 0.4) is 0 Å². The van der Waals surface area contributed by atoms with E-state index in [0.717, 1.165) is 22.9 Å². The van der Waals surface area contributed by atoms with Gasteiger partial charge >= 0.3 is 6.09 Å². The summed E-state index contributed by atoms with van der Waals surface area (Å²) in [5, 5.41) is 3.09. The van der Waals surface area contributed by atoms with Gasteiger partial charge in [-0.05, 0) is 71.2 Å². The van der Waals surface area contributed by atoms with Crippen molar-refractivity contribution in [2.45, 2.75) is 65.1 Å². The zero-order valence-corrected chi connectivity index (χ0v) is 17.1. The first-order valence-electron chi connectivity index (χ1n) is 8.65. The molecule has 1 aliphatic rings. The fourth-order valence-electron chi connectivity index (χ4n) is 3.04. The molecular weight excluding hydrogens is 384 g/mol. The van der Waals surface area contributed by atoms with Crippen LogP contribution >= 0.6 is 15.9 Å². The van der Waals surface area contributed by atoms with Gasteiger partial charge in [-0.15, -0.1) is 0 Å². The molecule has 25 heavy (non-hydrogen) atoms. The standard InChI is InChI=1S/C19H27BrN2O3/c1-12-11-14(20)8-9-15(12)17(23)21-16-7-6-10-22(13(16)2)18(24)25-19(3,4)5/h8-9,11,13,16H,6-7,10H2,1-5H3,(H,21,23)/t13-,16-/m1/s1. The van der Waals surface area contributed by atoms with Crippen molar-refractivity contribution in [1.82, 2.24) is 10.2 Å². The molecule has 5 nitrogen and oxygen atoms in total. The number of amides is 2. The summed E-state index contributed by atoms with van der Waals surface area (Å²) in [6, 6.07) is 5.40. The molecule has 138 valence electrons. The Balaban J connectivity index is 2.06. The first-order chi connectivity index (χ1) is 11.6. The smallest absolute Gasteiger partial charge is 0.410 e. The van der Waals surface area contributed by atoms with Crippen LogP contribution in [-0.4, -0.2) is 41.1 Å². The van der Waals surface area contributed by atoms with Crippen LogP contribution in [0.4, 0.5) is 4.79 Å². The lowest BCUT2D eigenvalue weighted by molar-refractivity contribution is 0.00700. The van der Waals surface area contributed by atoms with Crippen molar-refractivity contribution >= 4 is 27.9 Å². The Morgan fingerprint density at radius 2 is 2.00 bits per heavy atom. The molecule has 0 aromatic heterocycles. The van der Waals surface area contributed by atoms with Gasteiger partial charge in [-0.2, -0.15) is 0 Å². The van der Waals surface area contributed by atoms with Gasteiger partial charge < -0.3 is 15.0 Å². The zero-order valence-electron chi connectivity index (χ0n) is 15.6. The molecule has 1 N–H and O–H groups in total. The zero-order chi connectivity index (χ0) is 18.8. The summed E-state index contributed by atoms with van der Waals surface area (Å²) in [5.74, 6) is -0.104. The van der Waals surface area contributed by atoms with E-state index in [4.69, 9.17) is 4.74 Å². The minimum Gasteiger partial charge on any atom is -0.444 e. The van der Waals surface area contributed by atoms with E-state index in [1.807, 2.05) is 52.8 Å². The van der Waals surface area contributed by atoms with E-state index in [2.05, 4.69) is 21.2 Å². The van der Waals surface area contributed by atoms with Crippen molar-refractivity contribution in [3.05, 3.63) is 33.8 Å². The third-order valence-electron chi connectivity index (χ3n) is 4.37.